The van der Waals surface area contributed by atoms with E-state index in [2.05, 4.69) is 10.6 Å². The predicted molar refractivity (Wildman–Crippen MR) is 112 cm³/mol. The van der Waals surface area contributed by atoms with E-state index in [4.69, 9.17) is 5.11 Å². The van der Waals surface area contributed by atoms with Crippen LogP contribution in [0.3, 0.4) is 0 Å². The fraction of sp³-hybridized carbons (Fsp3) is 0.190. The van der Waals surface area contributed by atoms with Crippen molar-refractivity contribution < 1.29 is 19.5 Å². The first-order valence-corrected chi connectivity index (χ1v) is 9.61. The molecule has 7 heteroatoms. The molecular weight excluding hydrogens is 376 g/mol. The summed E-state index contributed by atoms with van der Waals surface area (Å²) < 4.78 is 0. The number of rotatable bonds is 8. The van der Waals surface area contributed by atoms with Gasteiger partial charge in [0.2, 0.25) is 11.8 Å². The van der Waals surface area contributed by atoms with Crippen molar-refractivity contribution in [3.63, 3.8) is 0 Å². The minimum atomic E-state index is -1.19. The number of aryl methyl sites for hydroxylation is 1. The molecule has 0 heterocycles. The highest BCUT2D eigenvalue weighted by atomic mass is 32.2. The van der Waals surface area contributed by atoms with Crippen molar-refractivity contribution in [1.29, 1.82) is 0 Å². The Balaban J connectivity index is 2.01. The summed E-state index contributed by atoms with van der Waals surface area (Å²) in [6, 6.07) is 14.7. The van der Waals surface area contributed by atoms with Gasteiger partial charge in [0.05, 0.1) is 5.25 Å². The number of hydrogen-bond donors (Lipinski definition) is 3. The zero-order valence-electron chi connectivity index (χ0n) is 15.6. The number of carbonyl (C=O) groups is 3. The number of carboxylic acids is 1. The molecule has 0 aliphatic heterocycles. The Morgan fingerprint density at radius 1 is 1.04 bits per heavy atom. The van der Waals surface area contributed by atoms with E-state index in [0.717, 1.165) is 28.3 Å². The third-order valence-corrected chi connectivity index (χ3v) is 5.10. The van der Waals surface area contributed by atoms with Gasteiger partial charge in [-0.1, -0.05) is 30.7 Å². The van der Waals surface area contributed by atoms with Crippen LogP contribution in [0.4, 0.5) is 11.4 Å². The lowest BCUT2D eigenvalue weighted by atomic mass is 10.2. The third-order valence-electron chi connectivity index (χ3n) is 3.74. The molecule has 146 valence electrons. The van der Waals surface area contributed by atoms with E-state index in [9.17, 15) is 14.4 Å². The average Bonchev–Trinajstić information content (AvgIpc) is 2.66. The number of benzene rings is 2. The zero-order valence-corrected chi connectivity index (χ0v) is 16.5. The molecule has 0 fully saturated rings. The van der Waals surface area contributed by atoms with Gasteiger partial charge in [-0.3, -0.25) is 9.59 Å². The number of anilines is 2. The molecule has 2 aromatic rings. The minimum absolute atomic E-state index is 0.0878. The summed E-state index contributed by atoms with van der Waals surface area (Å²) in [5.74, 6) is -1.81. The summed E-state index contributed by atoms with van der Waals surface area (Å²) in [6.45, 7) is 3.92. The monoisotopic (exact) mass is 398 g/mol. The Morgan fingerprint density at radius 2 is 1.75 bits per heavy atom. The van der Waals surface area contributed by atoms with Gasteiger partial charge in [0.1, 0.15) is 0 Å². The molecule has 0 aliphatic carbocycles. The van der Waals surface area contributed by atoms with E-state index in [-0.39, 0.29) is 11.2 Å². The van der Waals surface area contributed by atoms with Gasteiger partial charge in [0.15, 0.2) is 0 Å². The second kappa shape index (κ2) is 10.3. The van der Waals surface area contributed by atoms with Crippen molar-refractivity contribution in [2.45, 2.75) is 30.4 Å². The van der Waals surface area contributed by atoms with Crippen molar-refractivity contribution in [2.75, 3.05) is 10.6 Å². The molecule has 0 saturated carbocycles. The predicted octanol–water partition coefficient (Wildman–Crippen LogP) is 4.08. The van der Waals surface area contributed by atoms with Crippen LogP contribution in [0.15, 0.2) is 65.6 Å². The Labute approximate surface area is 168 Å². The largest absolute Gasteiger partial charge is 0.478 e. The first kappa shape index (κ1) is 21.2. The molecule has 6 nitrogen and oxygen atoms in total. The summed E-state index contributed by atoms with van der Waals surface area (Å²) >= 11 is 1.40. The van der Waals surface area contributed by atoms with Crippen LogP contribution >= 0.6 is 11.8 Å². The molecule has 0 saturated heterocycles. The van der Waals surface area contributed by atoms with Gasteiger partial charge >= 0.3 is 5.97 Å². The minimum Gasteiger partial charge on any atom is -0.478 e. The lowest BCUT2D eigenvalue weighted by Crippen LogP contribution is -2.24. The summed E-state index contributed by atoms with van der Waals surface area (Å²) in [7, 11) is 0. The van der Waals surface area contributed by atoms with Crippen LogP contribution in [0.2, 0.25) is 0 Å². The highest BCUT2D eigenvalue weighted by Crippen LogP contribution is 2.28. The molecule has 3 N–H and O–H groups in total. The summed E-state index contributed by atoms with van der Waals surface area (Å²) in [5, 5.41) is 13.8. The fourth-order valence-electron chi connectivity index (χ4n) is 2.32. The van der Waals surface area contributed by atoms with Crippen molar-refractivity contribution in [3.8, 4) is 0 Å². The first-order chi connectivity index (χ1) is 13.4. The van der Waals surface area contributed by atoms with Gasteiger partial charge in [-0.2, -0.15) is 0 Å². The van der Waals surface area contributed by atoms with Crippen LogP contribution in [0.1, 0.15) is 18.9 Å². The molecule has 0 aliphatic rings. The molecule has 0 radical (unpaired) electrons. The number of amides is 2. The number of thioether (sulfide) groups is 1. The third kappa shape index (κ3) is 6.92. The Bertz CT molecular complexity index is 878. The molecule has 2 amide bonds. The van der Waals surface area contributed by atoms with Gasteiger partial charge in [-0.15, -0.1) is 11.8 Å². The van der Waals surface area contributed by atoms with E-state index >= 15 is 0 Å². The second-order valence-electron chi connectivity index (χ2n) is 6.06. The molecule has 0 spiro atoms. The molecule has 0 aromatic heterocycles. The summed E-state index contributed by atoms with van der Waals surface area (Å²) in [6.07, 6.45) is 2.36. The van der Waals surface area contributed by atoms with E-state index < -0.39 is 11.9 Å². The quantitative estimate of drug-likeness (QED) is 0.460. The Morgan fingerprint density at radius 3 is 2.39 bits per heavy atom. The maximum absolute atomic E-state index is 12.6. The molecule has 28 heavy (non-hydrogen) atoms. The number of nitrogens with one attached hydrogen (secondary N) is 2. The molecule has 1 atom stereocenters. The molecule has 1 unspecified atom stereocenters. The van der Waals surface area contributed by atoms with Crippen molar-refractivity contribution in [3.05, 3.63) is 66.2 Å². The highest BCUT2D eigenvalue weighted by Gasteiger charge is 2.18. The van der Waals surface area contributed by atoms with Crippen molar-refractivity contribution in [2.24, 2.45) is 0 Å². The van der Waals surface area contributed by atoms with Gasteiger partial charge in [-0.05, 0) is 43.7 Å². The molecular formula is C21H22N2O4S. The SMILES string of the molecule is CCC(Sc1cccc(NC(=O)/C=C/C(=O)O)c1)C(=O)Nc1ccc(C)cc1. The number of carboxylic acid groups (broad SMARTS) is 1. The van der Waals surface area contributed by atoms with Crippen LogP contribution < -0.4 is 10.6 Å². The lowest BCUT2D eigenvalue weighted by molar-refractivity contribution is -0.131. The zero-order chi connectivity index (χ0) is 20.5. The Hall–Kier alpha value is -3.06. The number of carbonyl (C=O) groups excluding carboxylic acids is 2. The highest BCUT2D eigenvalue weighted by molar-refractivity contribution is 8.00. The van der Waals surface area contributed by atoms with Crippen molar-refractivity contribution in [1.82, 2.24) is 0 Å². The van der Waals surface area contributed by atoms with Gasteiger partial charge < -0.3 is 15.7 Å². The molecule has 2 aromatic carbocycles. The summed E-state index contributed by atoms with van der Waals surface area (Å²) in [4.78, 5) is 35.6. The van der Waals surface area contributed by atoms with Crippen LogP contribution in [0, 0.1) is 6.92 Å². The van der Waals surface area contributed by atoms with E-state index in [0.29, 0.717) is 12.1 Å². The van der Waals surface area contributed by atoms with E-state index in [1.807, 2.05) is 44.2 Å². The van der Waals surface area contributed by atoms with Crippen molar-refractivity contribution >= 4 is 40.9 Å². The lowest BCUT2D eigenvalue weighted by Gasteiger charge is -2.15. The topological polar surface area (TPSA) is 95.5 Å². The standard InChI is InChI=1S/C21H22N2O4S/c1-3-18(21(27)23-15-9-7-14(2)8-10-15)28-17-6-4-5-16(13-17)22-19(24)11-12-20(25)26/h4-13,18H,3H2,1-2H3,(H,22,24)(H,23,27)(H,25,26)/b12-11+. The number of aliphatic carboxylic acids is 1. The summed E-state index contributed by atoms with van der Waals surface area (Å²) in [5.41, 5.74) is 2.40. The average molecular weight is 398 g/mol. The van der Waals surface area contributed by atoms with E-state index in [1.54, 1.807) is 18.2 Å². The van der Waals surface area contributed by atoms with Gasteiger partial charge in [0.25, 0.3) is 0 Å². The maximum Gasteiger partial charge on any atom is 0.328 e. The van der Waals surface area contributed by atoms with Gasteiger partial charge in [-0.25, -0.2) is 4.79 Å². The smallest absolute Gasteiger partial charge is 0.328 e. The number of hydrogen-bond acceptors (Lipinski definition) is 4. The van der Waals surface area contributed by atoms with Crippen LogP contribution in [0.5, 0.6) is 0 Å². The van der Waals surface area contributed by atoms with Crippen LogP contribution in [-0.4, -0.2) is 28.1 Å². The second-order valence-corrected chi connectivity index (χ2v) is 7.33. The normalized spacial score (nSPS) is 11.8. The fourth-order valence-corrected chi connectivity index (χ4v) is 3.34. The van der Waals surface area contributed by atoms with Gasteiger partial charge in [0, 0.05) is 28.4 Å². The van der Waals surface area contributed by atoms with E-state index in [1.165, 1.54) is 11.8 Å². The maximum atomic E-state index is 12.6. The molecule has 2 rings (SSSR count). The first-order valence-electron chi connectivity index (χ1n) is 8.73. The Kier molecular flexibility index (Phi) is 7.83. The molecule has 0 bridgehead atoms. The van der Waals surface area contributed by atoms with Crippen LogP contribution in [0.25, 0.3) is 0 Å². The van der Waals surface area contributed by atoms with Crippen LogP contribution in [-0.2, 0) is 14.4 Å².